The number of Topliss-reactive ketones (excluding diaryl/α,β-unsaturated/α-hetero) is 1. The quantitative estimate of drug-likeness (QED) is 0.269. The summed E-state index contributed by atoms with van der Waals surface area (Å²) in [7, 11) is 0. The first-order valence-electron chi connectivity index (χ1n) is 9.65. The minimum Gasteiger partial charge on any atom is -0.508 e. The number of carbonyl (C=O) groups is 2. The summed E-state index contributed by atoms with van der Waals surface area (Å²) in [6.45, 7) is 0. The topological polar surface area (TPSA) is 90.7 Å². The lowest BCUT2D eigenvalue weighted by Crippen LogP contribution is -2.29. The summed E-state index contributed by atoms with van der Waals surface area (Å²) >= 11 is 1.07. The van der Waals surface area contributed by atoms with E-state index in [1.54, 1.807) is 42.5 Å². The number of carbonyl (C=O) groups excluding carboxylic acids is 2. The van der Waals surface area contributed by atoms with Crippen LogP contribution in [0.1, 0.15) is 17.2 Å². The Morgan fingerprint density at radius 3 is 2.44 bits per heavy atom. The smallest absolute Gasteiger partial charge is 0.301 e. The van der Waals surface area contributed by atoms with E-state index in [9.17, 15) is 24.2 Å². The lowest BCUT2D eigenvalue weighted by molar-refractivity contribution is -0.132. The number of aliphatic hydroxyl groups is 1. The second-order valence-electron chi connectivity index (χ2n) is 7.24. The van der Waals surface area contributed by atoms with Crippen LogP contribution < -0.4 is 4.90 Å². The van der Waals surface area contributed by atoms with Crippen molar-refractivity contribution < 1.29 is 24.2 Å². The number of nitrogens with zero attached hydrogens (tertiary/aromatic N) is 2. The second kappa shape index (κ2) is 7.58. The maximum Gasteiger partial charge on any atom is 0.301 e. The van der Waals surface area contributed by atoms with E-state index in [0.717, 1.165) is 11.3 Å². The zero-order valence-corrected chi connectivity index (χ0v) is 17.2. The number of aromatic hydroxyl groups is 1. The summed E-state index contributed by atoms with van der Waals surface area (Å²) in [4.78, 5) is 31.8. The maximum absolute atomic E-state index is 13.7. The van der Waals surface area contributed by atoms with Gasteiger partial charge in [-0.2, -0.15) is 0 Å². The first kappa shape index (κ1) is 19.9. The molecule has 1 atom stereocenters. The Morgan fingerprint density at radius 1 is 1.00 bits per heavy atom. The van der Waals surface area contributed by atoms with Crippen LogP contribution in [0, 0.1) is 5.82 Å². The molecule has 0 spiro atoms. The van der Waals surface area contributed by atoms with Gasteiger partial charge in [-0.05, 0) is 35.9 Å². The SMILES string of the molecule is O=C1C(=O)N(c2nc3ccc(F)cc3s2)C(c2ccc(O)cc2)C1=C(O)c1ccccc1. The molecule has 1 aliphatic heterocycles. The first-order valence-corrected chi connectivity index (χ1v) is 10.5. The van der Waals surface area contributed by atoms with Gasteiger partial charge < -0.3 is 10.2 Å². The van der Waals surface area contributed by atoms with Crippen molar-refractivity contribution in [2.45, 2.75) is 6.04 Å². The van der Waals surface area contributed by atoms with Crippen LogP contribution in [0.15, 0.2) is 78.4 Å². The van der Waals surface area contributed by atoms with Crippen LogP contribution in [0.2, 0.25) is 0 Å². The Morgan fingerprint density at radius 2 is 1.72 bits per heavy atom. The van der Waals surface area contributed by atoms with Gasteiger partial charge in [0.2, 0.25) is 0 Å². The minimum absolute atomic E-state index is 0.0178. The van der Waals surface area contributed by atoms with Crippen LogP contribution in [0.3, 0.4) is 0 Å². The van der Waals surface area contributed by atoms with E-state index in [-0.39, 0.29) is 22.2 Å². The minimum atomic E-state index is -0.971. The Bertz CT molecular complexity index is 1400. The van der Waals surface area contributed by atoms with Gasteiger partial charge in [-0.15, -0.1) is 0 Å². The number of hydrogen-bond acceptors (Lipinski definition) is 6. The molecule has 0 saturated carbocycles. The molecule has 1 saturated heterocycles. The molecule has 0 aliphatic carbocycles. The van der Waals surface area contributed by atoms with Crippen molar-refractivity contribution in [3.63, 3.8) is 0 Å². The molecule has 2 N–H and O–H groups in total. The van der Waals surface area contributed by atoms with Crippen molar-refractivity contribution in [2.24, 2.45) is 0 Å². The number of anilines is 1. The fourth-order valence-corrected chi connectivity index (χ4v) is 4.76. The molecule has 1 fully saturated rings. The van der Waals surface area contributed by atoms with Gasteiger partial charge in [-0.25, -0.2) is 9.37 Å². The highest BCUT2D eigenvalue weighted by molar-refractivity contribution is 7.22. The largest absolute Gasteiger partial charge is 0.508 e. The van der Waals surface area contributed by atoms with E-state index in [1.165, 1.54) is 35.2 Å². The second-order valence-corrected chi connectivity index (χ2v) is 8.24. The molecule has 4 aromatic rings. The van der Waals surface area contributed by atoms with Gasteiger partial charge in [0.25, 0.3) is 5.78 Å². The van der Waals surface area contributed by atoms with E-state index in [0.29, 0.717) is 21.3 Å². The Hall–Kier alpha value is -4.04. The maximum atomic E-state index is 13.7. The highest BCUT2D eigenvalue weighted by Gasteiger charge is 2.48. The molecule has 32 heavy (non-hydrogen) atoms. The molecule has 6 nitrogen and oxygen atoms in total. The van der Waals surface area contributed by atoms with Crippen molar-refractivity contribution in [3.05, 3.63) is 95.3 Å². The molecule has 158 valence electrons. The number of phenolic OH excluding ortho intramolecular Hbond substituents is 1. The third-order valence-electron chi connectivity index (χ3n) is 5.25. The van der Waals surface area contributed by atoms with Crippen LogP contribution in [-0.4, -0.2) is 26.9 Å². The molecule has 2 heterocycles. The first-order chi connectivity index (χ1) is 15.4. The summed E-state index contributed by atoms with van der Waals surface area (Å²) < 4.78 is 14.2. The molecular weight excluding hydrogens is 431 g/mol. The number of ketones is 1. The van der Waals surface area contributed by atoms with E-state index in [2.05, 4.69) is 4.98 Å². The fourth-order valence-electron chi connectivity index (χ4n) is 3.74. The van der Waals surface area contributed by atoms with Gasteiger partial charge in [0.1, 0.15) is 17.3 Å². The van der Waals surface area contributed by atoms with Crippen LogP contribution in [0.25, 0.3) is 16.0 Å². The van der Waals surface area contributed by atoms with Gasteiger partial charge in [-0.3, -0.25) is 14.5 Å². The summed E-state index contributed by atoms with van der Waals surface area (Å²) in [5.74, 6) is -2.43. The monoisotopic (exact) mass is 446 g/mol. The number of phenols is 1. The van der Waals surface area contributed by atoms with Crippen LogP contribution in [0.4, 0.5) is 9.52 Å². The fraction of sp³-hybridized carbons (Fsp3) is 0.0417. The molecule has 3 aromatic carbocycles. The molecular formula is C24H15FN2O4S. The highest BCUT2D eigenvalue weighted by atomic mass is 32.1. The predicted molar refractivity (Wildman–Crippen MR) is 119 cm³/mol. The van der Waals surface area contributed by atoms with E-state index in [4.69, 9.17) is 0 Å². The van der Waals surface area contributed by atoms with Crippen LogP contribution >= 0.6 is 11.3 Å². The Balaban J connectivity index is 1.73. The summed E-state index contributed by atoms with van der Waals surface area (Å²) in [5.41, 5.74) is 1.30. The Labute approximate surface area is 185 Å². The van der Waals surface area contributed by atoms with Crippen molar-refractivity contribution in [2.75, 3.05) is 4.90 Å². The number of thiazole rings is 1. The molecule has 0 radical (unpaired) electrons. The third-order valence-corrected chi connectivity index (χ3v) is 6.26. The van der Waals surface area contributed by atoms with Gasteiger partial charge in [0.15, 0.2) is 5.13 Å². The summed E-state index contributed by atoms with van der Waals surface area (Å²) in [6, 6.07) is 17.6. The van der Waals surface area contributed by atoms with Gasteiger partial charge >= 0.3 is 5.91 Å². The lowest BCUT2D eigenvalue weighted by Gasteiger charge is -2.23. The van der Waals surface area contributed by atoms with Crippen molar-refractivity contribution in [3.8, 4) is 5.75 Å². The van der Waals surface area contributed by atoms with Gasteiger partial charge in [-0.1, -0.05) is 53.8 Å². The molecule has 1 unspecified atom stereocenters. The summed E-state index contributed by atoms with van der Waals surface area (Å²) in [5, 5.41) is 20.9. The molecule has 1 aromatic heterocycles. The number of aromatic nitrogens is 1. The number of aliphatic hydroxyl groups excluding tert-OH is 1. The Kier molecular flexibility index (Phi) is 4.71. The van der Waals surface area contributed by atoms with E-state index < -0.39 is 23.5 Å². The summed E-state index contributed by atoms with van der Waals surface area (Å²) in [6.07, 6.45) is 0. The number of halogens is 1. The molecule has 1 aliphatic rings. The van der Waals surface area contributed by atoms with E-state index in [1.807, 2.05) is 0 Å². The van der Waals surface area contributed by atoms with Crippen molar-refractivity contribution >= 4 is 44.1 Å². The van der Waals surface area contributed by atoms with Crippen LogP contribution in [-0.2, 0) is 9.59 Å². The average Bonchev–Trinajstić information content (AvgIpc) is 3.32. The zero-order chi connectivity index (χ0) is 22.4. The lowest BCUT2D eigenvalue weighted by atomic mass is 9.95. The normalized spacial score (nSPS) is 17.9. The average molecular weight is 446 g/mol. The number of amides is 1. The molecule has 5 rings (SSSR count). The van der Waals surface area contributed by atoms with Gasteiger partial charge in [0.05, 0.1) is 21.8 Å². The standard InChI is InChI=1S/C24H15FN2O4S/c25-15-8-11-17-18(12-15)32-24(26-17)27-20(13-6-9-16(28)10-7-13)19(22(30)23(27)31)21(29)14-4-2-1-3-5-14/h1-12,20,28-29H. The third kappa shape index (κ3) is 3.21. The molecule has 8 heteroatoms. The van der Waals surface area contributed by atoms with Crippen molar-refractivity contribution in [1.82, 2.24) is 4.98 Å². The zero-order valence-electron chi connectivity index (χ0n) is 16.4. The van der Waals surface area contributed by atoms with Gasteiger partial charge in [0, 0.05) is 5.56 Å². The molecule has 1 amide bonds. The highest BCUT2D eigenvalue weighted by Crippen LogP contribution is 2.44. The number of benzene rings is 3. The number of hydrogen-bond donors (Lipinski definition) is 2. The number of fused-ring (bicyclic) bond motifs is 1. The van der Waals surface area contributed by atoms with Crippen LogP contribution in [0.5, 0.6) is 5.75 Å². The van der Waals surface area contributed by atoms with E-state index >= 15 is 0 Å². The number of rotatable bonds is 3. The molecule has 0 bridgehead atoms. The predicted octanol–water partition coefficient (Wildman–Crippen LogP) is 4.77. The van der Waals surface area contributed by atoms with Crippen molar-refractivity contribution in [1.29, 1.82) is 0 Å².